The maximum Gasteiger partial charge on any atom is 0.308 e. The number of carbonyl (C=O) groups excluding carboxylic acids is 3. The van der Waals surface area contributed by atoms with Gasteiger partial charge in [0.2, 0.25) is 0 Å². The van der Waals surface area contributed by atoms with E-state index in [9.17, 15) is 14.4 Å². The Balaban J connectivity index is 4.21. The van der Waals surface area contributed by atoms with Crippen LogP contribution in [0.4, 0.5) is 0 Å². The molecule has 0 aliphatic heterocycles. The predicted molar refractivity (Wildman–Crippen MR) is 225 cm³/mol. The number of unbranched alkanes of at least 4 members (excludes halogenated alkanes) is 14. The smallest absolute Gasteiger partial charge is 0.308 e. The van der Waals surface area contributed by atoms with Crippen LogP contribution in [-0.4, -0.2) is 62.8 Å². The third-order valence-corrected chi connectivity index (χ3v) is 10.7. The SMILES string of the molecule is C=C=C=CC(CCCC)CCOC(=O)CCCCCCCCCC(CCCCCCCCCC(=O)OCCC(C)CCCC)C(=O)OCCCN(C)CC. The van der Waals surface area contributed by atoms with Gasteiger partial charge in [0.05, 0.1) is 25.7 Å². The zero-order chi connectivity index (χ0) is 39.9. The van der Waals surface area contributed by atoms with E-state index in [1.165, 1.54) is 32.1 Å². The molecule has 7 nitrogen and oxygen atoms in total. The molecule has 0 saturated carbocycles. The first kappa shape index (κ1) is 51.7. The van der Waals surface area contributed by atoms with Gasteiger partial charge in [-0.15, -0.1) is 0 Å². The molecule has 0 amide bonds. The van der Waals surface area contributed by atoms with Crippen molar-refractivity contribution in [2.24, 2.45) is 17.8 Å². The molecule has 0 aromatic carbocycles. The van der Waals surface area contributed by atoms with E-state index >= 15 is 0 Å². The number of hydrogen-bond acceptors (Lipinski definition) is 7. The molecule has 0 radical (unpaired) electrons. The molecule has 0 heterocycles. The first-order valence-corrected chi connectivity index (χ1v) is 22.5. The van der Waals surface area contributed by atoms with Crippen molar-refractivity contribution in [1.82, 2.24) is 4.90 Å². The van der Waals surface area contributed by atoms with Crippen molar-refractivity contribution in [2.75, 3.05) is 40.0 Å². The van der Waals surface area contributed by atoms with Crippen molar-refractivity contribution in [2.45, 2.75) is 201 Å². The fraction of sp³-hybridized carbons (Fsp3) is 0.851. The summed E-state index contributed by atoms with van der Waals surface area (Å²) in [7, 11) is 2.10. The van der Waals surface area contributed by atoms with Crippen LogP contribution in [0.3, 0.4) is 0 Å². The van der Waals surface area contributed by atoms with Crippen molar-refractivity contribution in [1.29, 1.82) is 0 Å². The summed E-state index contributed by atoms with van der Waals surface area (Å²) in [5.41, 5.74) is 5.64. The van der Waals surface area contributed by atoms with Crippen LogP contribution in [0.2, 0.25) is 0 Å². The molecular weight excluding hydrogens is 675 g/mol. The normalized spacial score (nSPS) is 12.8. The average Bonchev–Trinajstić information content (AvgIpc) is 3.16. The predicted octanol–water partition coefficient (Wildman–Crippen LogP) is 12.5. The molecule has 0 saturated heterocycles. The standard InChI is InChI=1S/C47H85NO6/c1-7-11-29-42(5)36-40-52-45(49)34-26-22-18-14-16-20-24-32-44(47(51)54-39-28-38-48(6)10-4)33-25-21-17-15-19-23-27-35-46(50)53-41-37-43(30-12-8-2)31-13-9-3/h30,42-44H,2,7,9-11,13-29,31-41H2,1,3-6H3. The second kappa shape index (κ2) is 38.9. The van der Waals surface area contributed by atoms with Crippen LogP contribution >= 0.6 is 0 Å². The zero-order valence-corrected chi connectivity index (χ0v) is 36.0. The van der Waals surface area contributed by atoms with Gasteiger partial charge in [0.25, 0.3) is 0 Å². The largest absolute Gasteiger partial charge is 0.466 e. The van der Waals surface area contributed by atoms with E-state index in [1.54, 1.807) is 0 Å². The molecule has 0 N–H and O–H groups in total. The minimum Gasteiger partial charge on any atom is -0.466 e. The van der Waals surface area contributed by atoms with E-state index < -0.39 is 0 Å². The van der Waals surface area contributed by atoms with Crippen LogP contribution in [-0.2, 0) is 28.6 Å². The molecule has 7 heteroatoms. The Morgan fingerprint density at radius 1 is 0.593 bits per heavy atom. The van der Waals surface area contributed by atoms with E-state index in [0.29, 0.717) is 44.5 Å². The van der Waals surface area contributed by atoms with Gasteiger partial charge >= 0.3 is 17.9 Å². The molecule has 0 bridgehead atoms. The average molecular weight is 760 g/mol. The van der Waals surface area contributed by atoms with Gasteiger partial charge in [-0.05, 0) is 89.4 Å². The highest BCUT2D eigenvalue weighted by Crippen LogP contribution is 2.22. The van der Waals surface area contributed by atoms with E-state index in [0.717, 1.165) is 142 Å². The third kappa shape index (κ3) is 34.2. The molecule has 0 aromatic rings. The summed E-state index contributed by atoms with van der Waals surface area (Å²) in [5.74, 6) is 0.845. The molecule has 3 unspecified atom stereocenters. The summed E-state index contributed by atoms with van der Waals surface area (Å²) in [4.78, 5) is 39.5. The highest BCUT2D eigenvalue weighted by molar-refractivity contribution is 5.72. The highest BCUT2D eigenvalue weighted by Gasteiger charge is 2.19. The van der Waals surface area contributed by atoms with Crippen molar-refractivity contribution in [3.8, 4) is 0 Å². The summed E-state index contributed by atoms with van der Waals surface area (Å²) in [6, 6.07) is 0. The van der Waals surface area contributed by atoms with Crippen LogP contribution in [0.1, 0.15) is 201 Å². The molecule has 0 spiro atoms. The Kier molecular flexibility index (Phi) is 37.2. The lowest BCUT2D eigenvalue weighted by Gasteiger charge is -2.17. The minimum atomic E-state index is -0.0878. The lowest BCUT2D eigenvalue weighted by atomic mass is 9.94. The molecular formula is C47H85NO6. The molecule has 0 rings (SSSR count). The van der Waals surface area contributed by atoms with Crippen LogP contribution in [0.5, 0.6) is 0 Å². The van der Waals surface area contributed by atoms with Gasteiger partial charge in [0, 0.05) is 19.4 Å². The van der Waals surface area contributed by atoms with Crippen LogP contribution in [0.25, 0.3) is 0 Å². The fourth-order valence-corrected chi connectivity index (χ4v) is 6.74. The van der Waals surface area contributed by atoms with Crippen molar-refractivity contribution < 1.29 is 28.6 Å². The van der Waals surface area contributed by atoms with Crippen molar-refractivity contribution in [3.63, 3.8) is 0 Å². The monoisotopic (exact) mass is 760 g/mol. The first-order valence-electron chi connectivity index (χ1n) is 22.5. The molecule has 314 valence electrons. The van der Waals surface area contributed by atoms with E-state index in [1.807, 2.05) is 6.08 Å². The zero-order valence-electron chi connectivity index (χ0n) is 36.0. The third-order valence-electron chi connectivity index (χ3n) is 10.7. The Morgan fingerprint density at radius 2 is 1.09 bits per heavy atom. The topological polar surface area (TPSA) is 82.1 Å². The Morgan fingerprint density at radius 3 is 1.61 bits per heavy atom. The number of rotatable bonds is 39. The lowest BCUT2D eigenvalue weighted by molar-refractivity contribution is -0.149. The quantitative estimate of drug-likeness (QED) is 0.0267. The number of ether oxygens (including phenoxy) is 3. The van der Waals surface area contributed by atoms with Crippen LogP contribution in [0.15, 0.2) is 24.1 Å². The number of carbonyl (C=O) groups is 3. The molecule has 54 heavy (non-hydrogen) atoms. The summed E-state index contributed by atoms with van der Waals surface area (Å²) in [6.45, 7) is 15.8. The summed E-state index contributed by atoms with van der Waals surface area (Å²) in [5, 5.41) is 0. The number of nitrogens with zero attached hydrogens (tertiary/aromatic N) is 1. The van der Waals surface area contributed by atoms with Gasteiger partial charge in [-0.1, -0.05) is 148 Å². The van der Waals surface area contributed by atoms with E-state index in [-0.39, 0.29) is 23.8 Å². The Labute approximate surface area is 333 Å². The minimum absolute atomic E-state index is 0.00282. The molecule has 0 aliphatic rings. The van der Waals surface area contributed by atoms with E-state index in [4.69, 9.17) is 14.2 Å². The summed E-state index contributed by atoms with van der Waals surface area (Å²) in [6.07, 6.45) is 29.9. The second-order valence-electron chi connectivity index (χ2n) is 15.8. The molecule has 0 fully saturated rings. The van der Waals surface area contributed by atoms with Gasteiger partial charge in [-0.2, -0.15) is 0 Å². The number of esters is 3. The lowest BCUT2D eigenvalue weighted by Crippen LogP contribution is -2.23. The van der Waals surface area contributed by atoms with Crippen LogP contribution < -0.4 is 0 Å². The highest BCUT2D eigenvalue weighted by atomic mass is 16.5. The maximum atomic E-state index is 13.0. The van der Waals surface area contributed by atoms with Gasteiger partial charge in [-0.3, -0.25) is 14.4 Å². The number of allylic oxidation sites excluding steroid dienone is 1. The van der Waals surface area contributed by atoms with Crippen molar-refractivity contribution >= 4 is 17.9 Å². The fourth-order valence-electron chi connectivity index (χ4n) is 6.74. The molecule has 3 atom stereocenters. The Hall–Kier alpha value is -2.33. The second-order valence-corrected chi connectivity index (χ2v) is 15.8. The van der Waals surface area contributed by atoms with Gasteiger partial charge < -0.3 is 19.1 Å². The summed E-state index contributed by atoms with van der Waals surface area (Å²) >= 11 is 0. The van der Waals surface area contributed by atoms with Gasteiger partial charge in [-0.25, -0.2) is 0 Å². The van der Waals surface area contributed by atoms with Crippen molar-refractivity contribution in [3.05, 3.63) is 24.1 Å². The summed E-state index contributed by atoms with van der Waals surface area (Å²) < 4.78 is 16.7. The van der Waals surface area contributed by atoms with Crippen LogP contribution in [0, 0.1) is 17.8 Å². The van der Waals surface area contributed by atoms with Gasteiger partial charge in [0.1, 0.15) is 0 Å². The molecule has 0 aliphatic carbocycles. The maximum absolute atomic E-state index is 13.0. The van der Waals surface area contributed by atoms with E-state index in [2.05, 4.69) is 57.7 Å². The number of hydrogen-bond donors (Lipinski definition) is 0. The first-order chi connectivity index (χ1) is 26.3. The Bertz CT molecular complexity index is 985. The van der Waals surface area contributed by atoms with Gasteiger partial charge in [0.15, 0.2) is 0 Å². The molecule has 0 aromatic heterocycles.